The third-order valence-electron chi connectivity index (χ3n) is 2.36. The summed E-state index contributed by atoms with van der Waals surface area (Å²) in [6.07, 6.45) is 0. The molecule has 2 amide bonds. The normalized spacial score (nSPS) is 19.8. The van der Waals surface area contributed by atoms with Gasteiger partial charge in [0.1, 0.15) is 12.1 Å². The first-order chi connectivity index (χ1) is 6.89. The predicted molar refractivity (Wildman–Crippen MR) is 60.2 cm³/mol. The van der Waals surface area contributed by atoms with Crippen LogP contribution in [0.3, 0.4) is 0 Å². The number of carbonyl (C=O) groups is 2. The first-order valence-electron chi connectivity index (χ1n) is 4.79. The summed E-state index contributed by atoms with van der Waals surface area (Å²) in [6.45, 7) is 6.16. The van der Waals surface area contributed by atoms with E-state index in [-0.39, 0.29) is 18.4 Å². The molecule has 1 fully saturated rings. The minimum absolute atomic E-state index is 0.116. The van der Waals surface area contributed by atoms with Crippen LogP contribution in [0.2, 0.25) is 0 Å². The molecule has 2 N–H and O–H groups in total. The van der Waals surface area contributed by atoms with Gasteiger partial charge in [-0.3, -0.25) is 14.9 Å². The smallest absolute Gasteiger partial charge is 0.251 e. The average Bonchev–Trinajstić information content (AvgIpc) is 2.12. The Bertz CT molecular complexity index is 314. The van der Waals surface area contributed by atoms with E-state index in [0.29, 0.717) is 11.7 Å². The van der Waals surface area contributed by atoms with Crippen LogP contribution >= 0.6 is 12.2 Å². The van der Waals surface area contributed by atoms with Crippen molar-refractivity contribution < 1.29 is 9.59 Å². The lowest BCUT2D eigenvalue weighted by Gasteiger charge is -2.41. The molecule has 0 saturated carbocycles. The second-order valence-corrected chi connectivity index (χ2v) is 4.24. The first-order valence-corrected chi connectivity index (χ1v) is 5.20. The summed E-state index contributed by atoms with van der Waals surface area (Å²) in [5.74, 6) is -0.640. The van der Waals surface area contributed by atoms with Gasteiger partial charge < -0.3 is 10.2 Å². The van der Waals surface area contributed by atoms with Crippen LogP contribution in [-0.2, 0) is 9.59 Å². The molecule has 1 heterocycles. The molecule has 1 rings (SSSR count). The van der Waals surface area contributed by atoms with Crippen LogP contribution in [0, 0.1) is 0 Å². The van der Waals surface area contributed by atoms with Crippen molar-refractivity contribution in [2.45, 2.75) is 26.3 Å². The maximum absolute atomic E-state index is 11.6. The molecule has 0 atom stereocenters. The molecule has 0 spiro atoms. The second-order valence-electron chi connectivity index (χ2n) is 3.86. The summed E-state index contributed by atoms with van der Waals surface area (Å²) in [4.78, 5) is 24.4. The highest BCUT2D eigenvalue weighted by Gasteiger charge is 2.41. The topological polar surface area (TPSA) is 61.4 Å². The largest absolute Gasteiger partial charge is 0.363 e. The minimum Gasteiger partial charge on any atom is -0.363 e. The molecule has 0 aromatic heterocycles. The van der Waals surface area contributed by atoms with Crippen LogP contribution < -0.4 is 10.6 Å². The second kappa shape index (κ2) is 4.14. The maximum atomic E-state index is 11.6. The van der Waals surface area contributed by atoms with E-state index in [1.807, 2.05) is 6.92 Å². The number of nitrogens with one attached hydrogen (secondary N) is 2. The minimum atomic E-state index is -0.785. The monoisotopic (exact) mass is 229 g/mol. The molecule has 0 radical (unpaired) electrons. The number of carbonyl (C=O) groups excluding carboxylic acids is 2. The summed E-state index contributed by atoms with van der Waals surface area (Å²) in [5, 5.41) is 5.66. The Morgan fingerprint density at radius 2 is 2.20 bits per heavy atom. The molecule has 84 valence electrons. The van der Waals surface area contributed by atoms with Crippen LogP contribution in [0.4, 0.5) is 0 Å². The number of nitrogens with zero attached hydrogens (tertiary/aromatic N) is 1. The number of hydrogen-bond acceptors (Lipinski definition) is 3. The Morgan fingerprint density at radius 3 is 2.73 bits per heavy atom. The number of thiocarbonyl (C=S) groups is 1. The van der Waals surface area contributed by atoms with Crippen molar-refractivity contribution in [2.24, 2.45) is 0 Å². The Labute approximate surface area is 94.2 Å². The molecule has 0 unspecified atom stereocenters. The van der Waals surface area contributed by atoms with E-state index in [1.54, 1.807) is 18.7 Å². The van der Waals surface area contributed by atoms with Gasteiger partial charge in [-0.15, -0.1) is 0 Å². The Balaban J connectivity index is 2.88. The number of rotatable bonds is 1. The van der Waals surface area contributed by atoms with Crippen molar-refractivity contribution in [2.75, 3.05) is 13.1 Å². The molecule has 0 bridgehead atoms. The summed E-state index contributed by atoms with van der Waals surface area (Å²) < 4.78 is 0. The van der Waals surface area contributed by atoms with Gasteiger partial charge in [-0.05, 0) is 33.0 Å². The number of imide groups is 1. The number of amides is 2. The average molecular weight is 229 g/mol. The molecule has 0 aliphatic carbocycles. The van der Waals surface area contributed by atoms with E-state index in [9.17, 15) is 9.59 Å². The van der Waals surface area contributed by atoms with Gasteiger partial charge in [0.2, 0.25) is 5.91 Å². The lowest BCUT2D eigenvalue weighted by atomic mass is 9.99. The third kappa shape index (κ3) is 2.26. The molecule has 6 heteroatoms. The van der Waals surface area contributed by atoms with E-state index in [2.05, 4.69) is 10.6 Å². The van der Waals surface area contributed by atoms with Crippen molar-refractivity contribution in [3.8, 4) is 0 Å². The van der Waals surface area contributed by atoms with Gasteiger partial charge in [0.05, 0.1) is 0 Å². The summed E-state index contributed by atoms with van der Waals surface area (Å²) in [7, 11) is 0. The van der Waals surface area contributed by atoms with E-state index < -0.39 is 5.54 Å². The van der Waals surface area contributed by atoms with Crippen LogP contribution in [0.1, 0.15) is 20.8 Å². The fourth-order valence-electron chi connectivity index (χ4n) is 1.36. The van der Waals surface area contributed by atoms with Gasteiger partial charge in [0, 0.05) is 6.54 Å². The highest BCUT2D eigenvalue weighted by Crippen LogP contribution is 2.17. The molecular weight excluding hydrogens is 214 g/mol. The van der Waals surface area contributed by atoms with Crippen molar-refractivity contribution >= 4 is 29.1 Å². The molecule has 1 aliphatic heterocycles. The Morgan fingerprint density at radius 1 is 1.60 bits per heavy atom. The number of hydrogen-bond donors (Lipinski definition) is 2. The van der Waals surface area contributed by atoms with Crippen LogP contribution in [0.15, 0.2) is 0 Å². The third-order valence-corrected chi connectivity index (χ3v) is 2.72. The summed E-state index contributed by atoms with van der Waals surface area (Å²) in [5.41, 5.74) is -0.785. The van der Waals surface area contributed by atoms with Gasteiger partial charge in [-0.1, -0.05) is 0 Å². The predicted octanol–water partition coefficient (Wildman–Crippen LogP) is -0.382. The lowest BCUT2D eigenvalue weighted by Crippen LogP contribution is -2.66. The van der Waals surface area contributed by atoms with Gasteiger partial charge in [0.15, 0.2) is 5.11 Å². The van der Waals surface area contributed by atoms with Gasteiger partial charge in [-0.25, -0.2) is 0 Å². The molecular formula is C9H15N3O2S. The van der Waals surface area contributed by atoms with Crippen molar-refractivity contribution in [1.29, 1.82) is 0 Å². The molecule has 1 aliphatic rings. The zero-order valence-electron chi connectivity index (χ0n) is 9.09. The summed E-state index contributed by atoms with van der Waals surface area (Å²) >= 11 is 5.11. The highest BCUT2D eigenvalue weighted by molar-refractivity contribution is 7.80. The SMILES string of the molecule is CCNC(=S)N1CC(=O)NC(=O)C1(C)C. The molecule has 0 aromatic carbocycles. The van der Waals surface area contributed by atoms with E-state index in [0.717, 1.165) is 0 Å². The van der Waals surface area contributed by atoms with E-state index in [4.69, 9.17) is 12.2 Å². The lowest BCUT2D eigenvalue weighted by molar-refractivity contribution is -0.141. The van der Waals surface area contributed by atoms with Crippen LogP contribution in [0.5, 0.6) is 0 Å². The van der Waals surface area contributed by atoms with Crippen LogP contribution in [0.25, 0.3) is 0 Å². The molecule has 15 heavy (non-hydrogen) atoms. The zero-order valence-corrected chi connectivity index (χ0v) is 9.90. The van der Waals surface area contributed by atoms with E-state index >= 15 is 0 Å². The maximum Gasteiger partial charge on any atom is 0.251 e. The zero-order chi connectivity index (χ0) is 11.6. The highest BCUT2D eigenvalue weighted by atomic mass is 32.1. The fourth-order valence-corrected chi connectivity index (χ4v) is 1.79. The van der Waals surface area contributed by atoms with Gasteiger partial charge in [-0.2, -0.15) is 0 Å². The van der Waals surface area contributed by atoms with Crippen molar-refractivity contribution in [1.82, 2.24) is 15.5 Å². The van der Waals surface area contributed by atoms with Crippen molar-refractivity contribution in [3.63, 3.8) is 0 Å². The number of piperazine rings is 1. The van der Waals surface area contributed by atoms with Crippen LogP contribution in [-0.4, -0.2) is 40.5 Å². The van der Waals surface area contributed by atoms with E-state index in [1.165, 1.54) is 0 Å². The fraction of sp³-hybridized carbons (Fsp3) is 0.667. The Kier molecular flexibility index (Phi) is 3.28. The Hall–Kier alpha value is -1.17. The van der Waals surface area contributed by atoms with Gasteiger partial charge >= 0.3 is 0 Å². The molecule has 1 saturated heterocycles. The molecule has 0 aromatic rings. The first kappa shape index (κ1) is 11.9. The quantitative estimate of drug-likeness (QED) is 0.474. The van der Waals surface area contributed by atoms with Crippen molar-refractivity contribution in [3.05, 3.63) is 0 Å². The summed E-state index contributed by atoms with van der Waals surface area (Å²) in [6, 6.07) is 0. The molecule has 5 nitrogen and oxygen atoms in total. The van der Waals surface area contributed by atoms with Gasteiger partial charge in [0.25, 0.3) is 5.91 Å². The standard InChI is InChI=1S/C9H15N3O2S/c1-4-10-8(15)12-5-6(13)11-7(14)9(12,2)3/h4-5H2,1-3H3,(H,10,15)(H,11,13,14).